The first kappa shape index (κ1) is 13.6. The van der Waals surface area contributed by atoms with Gasteiger partial charge in [-0.15, -0.1) is 0 Å². The smallest absolute Gasteiger partial charge is 0.151 e. The number of rotatable bonds is 5. The van der Waals surface area contributed by atoms with Crippen LogP contribution in [0.25, 0.3) is 0 Å². The highest BCUT2D eigenvalue weighted by atomic mass is 79.9. The summed E-state index contributed by atoms with van der Waals surface area (Å²) >= 11 is 3.43. The molecule has 4 heteroatoms. The van der Waals surface area contributed by atoms with Crippen LogP contribution in [0, 0.1) is 0 Å². The van der Waals surface area contributed by atoms with Gasteiger partial charge in [0.05, 0.1) is 0 Å². The minimum atomic E-state index is 0.262. The second-order valence-electron chi connectivity index (χ2n) is 4.68. The van der Waals surface area contributed by atoms with E-state index >= 15 is 0 Å². The van der Waals surface area contributed by atoms with E-state index in [4.69, 9.17) is 5.11 Å². The van der Waals surface area contributed by atoms with Crippen molar-refractivity contribution in [2.75, 3.05) is 18.1 Å². The fourth-order valence-corrected chi connectivity index (χ4v) is 3.05. The van der Waals surface area contributed by atoms with E-state index in [0.717, 1.165) is 35.8 Å². The summed E-state index contributed by atoms with van der Waals surface area (Å²) in [6, 6.07) is 6.40. The van der Waals surface area contributed by atoms with Crippen molar-refractivity contribution in [3.63, 3.8) is 0 Å². The third kappa shape index (κ3) is 2.93. The summed E-state index contributed by atoms with van der Waals surface area (Å²) in [6.07, 6.45) is 5.13. The molecule has 0 spiro atoms. The second-order valence-corrected chi connectivity index (χ2v) is 5.53. The maximum atomic E-state index is 10.8. The zero-order valence-electron chi connectivity index (χ0n) is 10.3. The average molecular weight is 312 g/mol. The third-order valence-electron chi connectivity index (χ3n) is 3.52. The molecule has 1 fully saturated rings. The molecule has 1 aromatic rings. The molecule has 1 saturated heterocycles. The predicted molar refractivity (Wildman–Crippen MR) is 76.2 cm³/mol. The Balaban J connectivity index is 2.14. The van der Waals surface area contributed by atoms with Crippen molar-refractivity contribution in [1.29, 1.82) is 0 Å². The van der Waals surface area contributed by atoms with Gasteiger partial charge in [0.25, 0.3) is 0 Å². The van der Waals surface area contributed by atoms with Crippen molar-refractivity contribution in [3.05, 3.63) is 28.2 Å². The van der Waals surface area contributed by atoms with E-state index in [1.54, 1.807) is 0 Å². The van der Waals surface area contributed by atoms with Crippen LogP contribution in [-0.2, 0) is 0 Å². The van der Waals surface area contributed by atoms with Crippen LogP contribution in [-0.4, -0.2) is 30.6 Å². The van der Waals surface area contributed by atoms with Gasteiger partial charge in [0.1, 0.15) is 0 Å². The molecule has 1 aliphatic heterocycles. The highest BCUT2D eigenvalue weighted by Crippen LogP contribution is 2.30. The molecule has 18 heavy (non-hydrogen) atoms. The topological polar surface area (TPSA) is 40.5 Å². The van der Waals surface area contributed by atoms with Gasteiger partial charge in [-0.05, 0) is 59.8 Å². The van der Waals surface area contributed by atoms with E-state index in [1.165, 1.54) is 12.8 Å². The highest BCUT2D eigenvalue weighted by molar-refractivity contribution is 9.10. The molecule has 0 saturated carbocycles. The molecule has 0 aromatic heterocycles. The van der Waals surface area contributed by atoms with E-state index in [0.29, 0.717) is 11.6 Å². The molecule has 1 unspecified atom stereocenters. The van der Waals surface area contributed by atoms with Gasteiger partial charge in [0.15, 0.2) is 6.29 Å². The molecule has 0 radical (unpaired) electrons. The van der Waals surface area contributed by atoms with Crippen LogP contribution in [0.3, 0.4) is 0 Å². The fourth-order valence-electron chi connectivity index (χ4n) is 2.59. The van der Waals surface area contributed by atoms with Crippen LogP contribution in [0.1, 0.15) is 36.0 Å². The van der Waals surface area contributed by atoms with Crippen molar-refractivity contribution in [2.45, 2.75) is 31.7 Å². The normalized spacial score (nSPS) is 19.2. The van der Waals surface area contributed by atoms with Crippen LogP contribution in [0.5, 0.6) is 0 Å². The maximum absolute atomic E-state index is 10.8. The largest absolute Gasteiger partial charge is 0.396 e. The molecule has 1 atom stereocenters. The molecule has 0 amide bonds. The van der Waals surface area contributed by atoms with Crippen molar-refractivity contribution < 1.29 is 9.90 Å². The number of benzene rings is 1. The monoisotopic (exact) mass is 311 g/mol. The molecule has 1 heterocycles. The predicted octanol–water partition coefficient (Wildman–Crippen LogP) is 3.00. The van der Waals surface area contributed by atoms with Crippen LogP contribution in [0.4, 0.5) is 5.69 Å². The summed E-state index contributed by atoms with van der Waals surface area (Å²) in [5, 5.41) is 8.93. The Morgan fingerprint density at radius 2 is 2.33 bits per heavy atom. The number of hydrogen-bond acceptors (Lipinski definition) is 3. The Labute approximate surface area is 116 Å². The summed E-state index contributed by atoms with van der Waals surface area (Å²) in [7, 11) is 0. The Morgan fingerprint density at radius 3 is 3.00 bits per heavy atom. The number of aldehydes is 1. The van der Waals surface area contributed by atoms with Gasteiger partial charge in [-0.2, -0.15) is 0 Å². The van der Waals surface area contributed by atoms with Gasteiger partial charge in [0, 0.05) is 34.9 Å². The summed E-state index contributed by atoms with van der Waals surface area (Å²) in [6.45, 7) is 1.32. The first-order valence-corrected chi connectivity index (χ1v) is 7.18. The van der Waals surface area contributed by atoms with Crippen LogP contribution < -0.4 is 4.90 Å². The van der Waals surface area contributed by atoms with Gasteiger partial charge in [-0.1, -0.05) is 0 Å². The number of anilines is 1. The van der Waals surface area contributed by atoms with E-state index in [9.17, 15) is 4.79 Å². The molecular formula is C14H18BrNO2. The van der Waals surface area contributed by atoms with Crippen LogP contribution in [0.15, 0.2) is 22.7 Å². The number of aliphatic hydroxyl groups is 1. The van der Waals surface area contributed by atoms with Gasteiger partial charge in [-0.25, -0.2) is 0 Å². The molecule has 1 aromatic carbocycles. The standard InChI is InChI=1S/C14H18BrNO2/c15-14-9-13(6-5-11(14)10-18)16-7-1-3-12(16)4-2-8-17/h5-6,9-10,12,17H,1-4,7-8H2. The zero-order valence-corrected chi connectivity index (χ0v) is 11.9. The lowest BCUT2D eigenvalue weighted by Crippen LogP contribution is -2.29. The van der Waals surface area contributed by atoms with Gasteiger partial charge in [-0.3, -0.25) is 4.79 Å². The molecule has 2 rings (SSSR count). The van der Waals surface area contributed by atoms with E-state index in [1.807, 2.05) is 18.2 Å². The lowest BCUT2D eigenvalue weighted by Gasteiger charge is -2.27. The first-order valence-electron chi connectivity index (χ1n) is 6.38. The number of nitrogens with zero attached hydrogens (tertiary/aromatic N) is 1. The summed E-state index contributed by atoms with van der Waals surface area (Å²) < 4.78 is 0.850. The molecule has 1 aliphatic rings. The minimum absolute atomic E-state index is 0.262. The fraction of sp³-hybridized carbons (Fsp3) is 0.500. The summed E-state index contributed by atoms with van der Waals surface area (Å²) in [5.74, 6) is 0. The van der Waals surface area contributed by atoms with Crippen LogP contribution in [0.2, 0.25) is 0 Å². The van der Waals surface area contributed by atoms with E-state index in [2.05, 4.69) is 20.8 Å². The highest BCUT2D eigenvalue weighted by Gasteiger charge is 2.24. The van der Waals surface area contributed by atoms with Gasteiger partial charge in [0.2, 0.25) is 0 Å². The van der Waals surface area contributed by atoms with Gasteiger partial charge < -0.3 is 10.0 Å². The number of hydrogen-bond donors (Lipinski definition) is 1. The Morgan fingerprint density at radius 1 is 1.50 bits per heavy atom. The van der Waals surface area contributed by atoms with Crippen molar-refractivity contribution in [2.24, 2.45) is 0 Å². The zero-order chi connectivity index (χ0) is 13.0. The summed E-state index contributed by atoms with van der Waals surface area (Å²) in [4.78, 5) is 13.2. The van der Waals surface area contributed by atoms with E-state index < -0.39 is 0 Å². The first-order chi connectivity index (χ1) is 8.76. The van der Waals surface area contributed by atoms with Crippen molar-refractivity contribution in [3.8, 4) is 0 Å². The number of halogens is 1. The Bertz CT molecular complexity index is 422. The Kier molecular flexibility index (Phi) is 4.78. The number of carbonyl (C=O) groups is 1. The number of carbonyl (C=O) groups excluding carboxylic acids is 1. The lowest BCUT2D eigenvalue weighted by molar-refractivity contribution is 0.112. The SMILES string of the molecule is O=Cc1ccc(N2CCCC2CCCO)cc1Br. The summed E-state index contributed by atoms with van der Waals surface area (Å²) in [5.41, 5.74) is 1.85. The lowest BCUT2D eigenvalue weighted by atomic mass is 10.1. The average Bonchev–Trinajstić information content (AvgIpc) is 2.84. The number of aliphatic hydroxyl groups excluding tert-OH is 1. The Hall–Kier alpha value is -0.870. The molecule has 0 bridgehead atoms. The third-order valence-corrected chi connectivity index (χ3v) is 4.20. The molecule has 1 N–H and O–H groups in total. The quantitative estimate of drug-likeness (QED) is 0.850. The van der Waals surface area contributed by atoms with E-state index in [-0.39, 0.29) is 6.61 Å². The minimum Gasteiger partial charge on any atom is -0.396 e. The molecular weight excluding hydrogens is 294 g/mol. The second kappa shape index (κ2) is 6.34. The molecule has 98 valence electrons. The maximum Gasteiger partial charge on any atom is 0.151 e. The van der Waals surface area contributed by atoms with Crippen LogP contribution >= 0.6 is 15.9 Å². The molecule has 3 nitrogen and oxygen atoms in total. The molecule has 0 aliphatic carbocycles. The van der Waals surface area contributed by atoms with Crippen molar-refractivity contribution >= 4 is 27.9 Å². The van der Waals surface area contributed by atoms with Crippen molar-refractivity contribution in [1.82, 2.24) is 0 Å². The van der Waals surface area contributed by atoms with Gasteiger partial charge >= 0.3 is 0 Å².